The number of furan rings is 1. The van der Waals surface area contributed by atoms with Crippen molar-refractivity contribution >= 4 is 22.4 Å². The van der Waals surface area contributed by atoms with Crippen LogP contribution in [-0.4, -0.2) is 5.91 Å². The number of anilines is 1. The Kier molecular flexibility index (Phi) is 4.39. The van der Waals surface area contributed by atoms with Crippen LogP contribution in [0.5, 0.6) is 0 Å². The number of nitrogens with one attached hydrogen (secondary N) is 1. The molecule has 1 aromatic heterocycles. The molecule has 3 aromatic carbocycles. The summed E-state index contributed by atoms with van der Waals surface area (Å²) in [6.45, 7) is 0. The monoisotopic (exact) mass is 381 g/mol. The van der Waals surface area contributed by atoms with Gasteiger partial charge in [0.15, 0.2) is 5.76 Å². The topological polar surface area (TPSA) is 42.2 Å². The number of alkyl halides is 3. The zero-order valence-corrected chi connectivity index (χ0v) is 14.5. The lowest BCUT2D eigenvalue weighted by Gasteiger charge is -2.07. The predicted octanol–water partition coefficient (Wildman–Crippen LogP) is 6.37. The maximum absolute atomic E-state index is 12.9. The van der Waals surface area contributed by atoms with E-state index < -0.39 is 17.6 Å². The van der Waals surface area contributed by atoms with E-state index in [0.29, 0.717) is 5.69 Å². The van der Waals surface area contributed by atoms with Crippen molar-refractivity contribution in [3.63, 3.8) is 0 Å². The molecule has 0 bridgehead atoms. The summed E-state index contributed by atoms with van der Waals surface area (Å²) in [6, 6.07) is 20.9. The second kappa shape index (κ2) is 6.88. The van der Waals surface area contributed by atoms with Crippen LogP contribution in [0.2, 0.25) is 0 Å². The number of carbonyl (C=O) groups is 1. The smallest absolute Gasteiger partial charge is 0.416 e. The Morgan fingerprint density at radius 2 is 1.61 bits per heavy atom. The van der Waals surface area contributed by atoms with E-state index in [-0.39, 0.29) is 17.1 Å². The molecule has 0 saturated heterocycles. The molecule has 0 aliphatic heterocycles. The van der Waals surface area contributed by atoms with E-state index in [1.54, 1.807) is 6.07 Å². The average Bonchev–Trinajstić information content (AvgIpc) is 3.18. The summed E-state index contributed by atoms with van der Waals surface area (Å²) in [5, 5.41) is 4.76. The highest BCUT2D eigenvalue weighted by Crippen LogP contribution is 2.32. The summed E-state index contributed by atoms with van der Waals surface area (Å²) >= 11 is 0. The van der Waals surface area contributed by atoms with Gasteiger partial charge in [-0.25, -0.2) is 0 Å². The standard InChI is InChI=1S/C22H14F3NO2/c23-22(24,25)17-7-3-6-16(12-17)19-10-11-20(28-19)21(27)26-18-9-8-14-4-1-2-5-15(14)13-18/h1-13H,(H,26,27). The summed E-state index contributed by atoms with van der Waals surface area (Å²) < 4.78 is 44.1. The Bertz CT molecular complexity index is 1160. The summed E-state index contributed by atoms with van der Waals surface area (Å²) in [7, 11) is 0. The Hall–Kier alpha value is -3.54. The van der Waals surface area contributed by atoms with Crippen molar-refractivity contribution in [2.75, 3.05) is 5.32 Å². The van der Waals surface area contributed by atoms with Gasteiger partial charge in [0.2, 0.25) is 0 Å². The summed E-state index contributed by atoms with van der Waals surface area (Å²) in [5.74, 6) is -0.274. The normalized spacial score (nSPS) is 11.5. The molecule has 140 valence electrons. The van der Waals surface area contributed by atoms with Gasteiger partial charge in [0, 0.05) is 11.3 Å². The lowest BCUT2D eigenvalue weighted by molar-refractivity contribution is -0.137. The van der Waals surface area contributed by atoms with Gasteiger partial charge in [-0.15, -0.1) is 0 Å². The number of carbonyl (C=O) groups excluding carboxylic acids is 1. The Balaban J connectivity index is 1.56. The molecule has 4 rings (SSSR count). The van der Waals surface area contributed by atoms with Crippen LogP contribution in [0.3, 0.4) is 0 Å². The quantitative estimate of drug-likeness (QED) is 0.448. The summed E-state index contributed by atoms with van der Waals surface area (Å²) in [6.07, 6.45) is -4.45. The van der Waals surface area contributed by atoms with Gasteiger partial charge < -0.3 is 9.73 Å². The van der Waals surface area contributed by atoms with Gasteiger partial charge in [-0.1, -0.05) is 42.5 Å². The van der Waals surface area contributed by atoms with Gasteiger partial charge in [0.25, 0.3) is 5.91 Å². The molecule has 0 saturated carbocycles. The van der Waals surface area contributed by atoms with Crippen LogP contribution in [0.1, 0.15) is 16.1 Å². The van der Waals surface area contributed by atoms with Crippen LogP contribution in [0.4, 0.5) is 18.9 Å². The number of hydrogen-bond donors (Lipinski definition) is 1. The van der Waals surface area contributed by atoms with Crippen LogP contribution in [0, 0.1) is 0 Å². The maximum atomic E-state index is 12.9. The maximum Gasteiger partial charge on any atom is 0.416 e. The molecule has 1 heterocycles. The van der Waals surface area contributed by atoms with E-state index >= 15 is 0 Å². The third kappa shape index (κ3) is 3.62. The Labute approximate surface area is 158 Å². The lowest BCUT2D eigenvalue weighted by Crippen LogP contribution is -2.10. The van der Waals surface area contributed by atoms with Crippen LogP contribution >= 0.6 is 0 Å². The molecule has 28 heavy (non-hydrogen) atoms. The van der Waals surface area contributed by atoms with E-state index in [9.17, 15) is 18.0 Å². The van der Waals surface area contributed by atoms with E-state index in [1.165, 1.54) is 24.3 Å². The fourth-order valence-electron chi connectivity index (χ4n) is 2.92. The number of rotatable bonds is 3. The second-order valence-electron chi connectivity index (χ2n) is 6.26. The third-order valence-electron chi connectivity index (χ3n) is 4.31. The molecular formula is C22H14F3NO2. The lowest BCUT2D eigenvalue weighted by atomic mass is 10.1. The van der Waals surface area contributed by atoms with Gasteiger partial charge in [-0.2, -0.15) is 13.2 Å². The molecule has 0 aliphatic carbocycles. The Morgan fingerprint density at radius 1 is 0.821 bits per heavy atom. The van der Waals surface area contributed by atoms with E-state index in [2.05, 4.69) is 5.32 Å². The van der Waals surface area contributed by atoms with Crippen LogP contribution in [0.25, 0.3) is 22.1 Å². The molecule has 0 unspecified atom stereocenters. The molecular weight excluding hydrogens is 367 g/mol. The van der Waals surface area contributed by atoms with Crippen molar-refractivity contribution in [3.05, 3.63) is 90.2 Å². The van der Waals surface area contributed by atoms with E-state index in [1.807, 2.05) is 36.4 Å². The predicted molar refractivity (Wildman–Crippen MR) is 101 cm³/mol. The first-order valence-corrected chi connectivity index (χ1v) is 8.48. The summed E-state index contributed by atoms with van der Waals surface area (Å²) in [5.41, 5.74) is 0.0730. The number of benzene rings is 3. The zero-order chi connectivity index (χ0) is 19.7. The van der Waals surface area contributed by atoms with Crippen molar-refractivity contribution in [3.8, 4) is 11.3 Å². The number of fused-ring (bicyclic) bond motifs is 1. The second-order valence-corrected chi connectivity index (χ2v) is 6.26. The minimum atomic E-state index is -4.45. The molecule has 0 aliphatic rings. The molecule has 0 fully saturated rings. The number of halogens is 3. The molecule has 4 aromatic rings. The molecule has 0 spiro atoms. The first kappa shape index (κ1) is 17.9. The molecule has 1 N–H and O–H groups in total. The molecule has 0 atom stereocenters. The van der Waals surface area contributed by atoms with Crippen LogP contribution in [-0.2, 0) is 6.18 Å². The van der Waals surface area contributed by atoms with Crippen molar-refractivity contribution < 1.29 is 22.4 Å². The molecule has 0 radical (unpaired) electrons. The SMILES string of the molecule is O=C(Nc1ccc2ccccc2c1)c1ccc(-c2cccc(C(F)(F)F)c2)o1. The average molecular weight is 381 g/mol. The first-order valence-electron chi connectivity index (χ1n) is 8.48. The first-order chi connectivity index (χ1) is 13.4. The van der Waals surface area contributed by atoms with Gasteiger partial charge >= 0.3 is 6.18 Å². The fraction of sp³-hybridized carbons (Fsp3) is 0.0455. The van der Waals surface area contributed by atoms with Gasteiger partial charge in [-0.3, -0.25) is 4.79 Å². The number of amides is 1. The highest BCUT2D eigenvalue weighted by atomic mass is 19.4. The van der Waals surface area contributed by atoms with Gasteiger partial charge in [-0.05, 0) is 47.2 Å². The van der Waals surface area contributed by atoms with Crippen LogP contribution < -0.4 is 5.32 Å². The van der Waals surface area contributed by atoms with Crippen LogP contribution in [0.15, 0.2) is 83.3 Å². The fourth-order valence-corrected chi connectivity index (χ4v) is 2.92. The van der Waals surface area contributed by atoms with Gasteiger partial charge in [0.05, 0.1) is 5.56 Å². The van der Waals surface area contributed by atoms with E-state index in [4.69, 9.17) is 4.42 Å². The highest BCUT2D eigenvalue weighted by molar-refractivity contribution is 6.03. The summed E-state index contributed by atoms with van der Waals surface area (Å²) in [4.78, 5) is 12.4. The highest BCUT2D eigenvalue weighted by Gasteiger charge is 2.30. The van der Waals surface area contributed by atoms with Crippen molar-refractivity contribution in [2.24, 2.45) is 0 Å². The zero-order valence-electron chi connectivity index (χ0n) is 14.5. The Morgan fingerprint density at radius 3 is 2.39 bits per heavy atom. The van der Waals surface area contributed by atoms with Crippen molar-refractivity contribution in [2.45, 2.75) is 6.18 Å². The largest absolute Gasteiger partial charge is 0.451 e. The third-order valence-corrected chi connectivity index (χ3v) is 4.31. The van der Waals surface area contributed by atoms with E-state index in [0.717, 1.165) is 22.9 Å². The minimum Gasteiger partial charge on any atom is -0.451 e. The van der Waals surface area contributed by atoms with Crippen molar-refractivity contribution in [1.29, 1.82) is 0 Å². The molecule has 3 nitrogen and oxygen atoms in total. The van der Waals surface area contributed by atoms with Gasteiger partial charge in [0.1, 0.15) is 5.76 Å². The van der Waals surface area contributed by atoms with Crippen molar-refractivity contribution in [1.82, 2.24) is 0 Å². The molecule has 1 amide bonds. The molecule has 6 heteroatoms. The number of hydrogen-bond acceptors (Lipinski definition) is 2. The minimum absolute atomic E-state index is 0.0144.